The number of amides is 1. The van der Waals surface area contributed by atoms with E-state index in [-0.39, 0.29) is 30.1 Å². The number of nitrogen functional groups attached to an aromatic ring is 1. The number of ether oxygens (including phenoxy) is 1. The molecule has 0 spiro atoms. The van der Waals surface area contributed by atoms with Crippen LogP contribution in [0.1, 0.15) is 25.2 Å². The van der Waals surface area contributed by atoms with Crippen LogP contribution in [0.4, 0.5) is 4.39 Å². The Balaban J connectivity index is 1.58. The minimum Gasteiger partial charge on any atom is -0.482 e. The highest BCUT2D eigenvalue weighted by Crippen LogP contribution is 2.20. The van der Waals surface area contributed by atoms with E-state index in [0.717, 1.165) is 5.56 Å². The number of nitrogens with zero attached hydrogens (tertiary/aromatic N) is 4. The molecule has 0 saturated carbocycles. The molecule has 1 amide bonds. The molecule has 0 saturated heterocycles. The molecule has 0 aliphatic rings. The number of aromatic nitrogens is 3. The molecule has 158 valence electrons. The third-order valence-corrected chi connectivity index (χ3v) is 5.32. The number of carbonyl (C=O) groups is 1. The van der Waals surface area contributed by atoms with Gasteiger partial charge in [-0.2, -0.15) is 0 Å². The van der Waals surface area contributed by atoms with E-state index in [4.69, 9.17) is 10.6 Å². The van der Waals surface area contributed by atoms with Crippen molar-refractivity contribution in [3.05, 3.63) is 71.8 Å². The second-order valence-corrected chi connectivity index (χ2v) is 7.82. The highest BCUT2D eigenvalue weighted by Gasteiger charge is 2.19. The molecule has 30 heavy (non-hydrogen) atoms. The van der Waals surface area contributed by atoms with Gasteiger partial charge in [0.15, 0.2) is 17.4 Å². The van der Waals surface area contributed by atoms with Crippen LogP contribution in [0.25, 0.3) is 0 Å². The predicted octanol–water partition coefficient (Wildman–Crippen LogP) is 3.24. The first-order valence-corrected chi connectivity index (χ1v) is 10.5. The summed E-state index contributed by atoms with van der Waals surface area (Å²) in [5.74, 6) is 6.15. The van der Waals surface area contributed by atoms with Gasteiger partial charge < -0.3 is 15.5 Å². The summed E-state index contributed by atoms with van der Waals surface area (Å²) < 4.78 is 20.3. The van der Waals surface area contributed by atoms with Gasteiger partial charge in [0, 0.05) is 12.6 Å². The van der Waals surface area contributed by atoms with Gasteiger partial charge in [0.1, 0.15) is 6.61 Å². The lowest BCUT2D eigenvalue weighted by Gasteiger charge is -2.26. The van der Waals surface area contributed by atoms with Crippen molar-refractivity contribution in [2.45, 2.75) is 38.2 Å². The van der Waals surface area contributed by atoms with E-state index in [1.54, 1.807) is 12.1 Å². The van der Waals surface area contributed by atoms with E-state index >= 15 is 0 Å². The quantitative estimate of drug-likeness (QED) is 0.415. The van der Waals surface area contributed by atoms with Crippen molar-refractivity contribution in [1.29, 1.82) is 0 Å². The summed E-state index contributed by atoms with van der Waals surface area (Å²) in [6.45, 7) is 4.46. The van der Waals surface area contributed by atoms with E-state index in [2.05, 4.69) is 10.2 Å². The number of carbonyl (C=O) groups excluding carboxylic acids is 1. The normalized spacial score (nSPS) is 10.9. The van der Waals surface area contributed by atoms with Crippen LogP contribution < -0.4 is 10.6 Å². The number of halogens is 1. The van der Waals surface area contributed by atoms with Crippen LogP contribution in [0, 0.1) is 5.82 Å². The van der Waals surface area contributed by atoms with Crippen molar-refractivity contribution in [3.63, 3.8) is 0 Å². The molecule has 0 aliphatic heterocycles. The Labute approximate surface area is 179 Å². The lowest BCUT2D eigenvalue weighted by atomic mass is 10.2. The Morgan fingerprint density at radius 3 is 2.57 bits per heavy atom. The Morgan fingerprint density at radius 2 is 1.87 bits per heavy atom. The van der Waals surface area contributed by atoms with Gasteiger partial charge in [-0.1, -0.05) is 54.2 Å². The van der Waals surface area contributed by atoms with Gasteiger partial charge in [-0.15, -0.1) is 10.2 Å². The van der Waals surface area contributed by atoms with Gasteiger partial charge in [0.2, 0.25) is 11.1 Å². The summed E-state index contributed by atoms with van der Waals surface area (Å²) in [6, 6.07) is 16.0. The Hall–Kier alpha value is -3.07. The predicted molar refractivity (Wildman–Crippen MR) is 114 cm³/mol. The zero-order chi connectivity index (χ0) is 21.5. The maximum atomic E-state index is 13.7. The van der Waals surface area contributed by atoms with Crippen LogP contribution in [-0.2, 0) is 17.9 Å². The van der Waals surface area contributed by atoms with E-state index in [1.807, 2.05) is 49.1 Å². The largest absolute Gasteiger partial charge is 0.482 e. The van der Waals surface area contributed by atoms with E-state index < -0.39 is 5.82 Å². The average Bonchev–Trinajstić information content (AvgIpc) is 3.09. The molecule has 3 rings (SSSR count). The first kappa shape index (κ1) is 21.6. The number of rotatable bonds is 9. The number of benzene rings is 2. The third-order valence-electron chi connectivity index (χ3n) is 4.39. The van der Waals surface area contributed by atoms with Crippen molar-refractivity contribution < 1.29 is 13.9 Å². The molecular weight excluding hydrogens is 405 g/mol. The molecular formula is C21H24FN5O2S. The van der Waals surface area contributed by atoms with Gasteiger partial charge in [-0.3, -0.25) is 4.79 Å². The first-order chi connectivity index (χ1) is 14.5. The molecule has 1 aromatic heterocycles. The molecule has 0 aliphatic carbocycles. The van der Waals surface area contributed by atoms with Crippen molar-refractivity contribution in [2.75, 3.05) is 11.6 Å². The molecule has 3 aromatic rings. The van der Waals surface area contributed by atoms with Gasteiger partial charge in [0.05, 0.1) is 5.75 Å². The van der Waals surface area contributed by atoms with Crippen molar-refractivity contribution in [2.24, 2.45) is 0 Å². The number of hydrogen-bond acceptors (Lipinski definition) is 6. The number of hydrogen-bond donors (Lipinski definition) is 1. The van der Waals surface area contributed by atoms with Gasteiger partial charge in [0.25, 0.3) is 0 Å². The zero-order valence-electron chi connectivity index (χ0n) is 16.9. The SMILES string of the molecule is CC(C)N(Cc1ccccc1)C(=O)CSc1nnc(COc2ccccc2F)n1N. The number of nitrogens with two attached hydrogens (primary N) is 1. The van der Waals surface area contributed by atoms with Gasteiger partial charge in [-0.05, 0) is 31.5 Å². The topological polar surface area (TPSA) is 86.3 Å². The third kappa shape index (κ3) is 5.50. The minimum absolute atomic E-state index is 0.0222. The molecule has 0 fully saturated rings. The van der Waals surface area contributed by atoms with Crippen molar-refractivity contribution in [1.82, 2.24) is 19.8 Å². The maximum absolute atomic E-state index is 13.7. The smallest absolute Gasteiger partial charge is 0.233 e. The highest BCUT2D eigenvalue weighted by molar-refractivity contribution is 7.99. The Bertz CT molecular complexity index is 981. The summed E-state index contributed by atoms with van der Waals surface area (Å²) in [7, 11) is 0. The Kier molecular flexibility index (Phi) is 7.29. The number of para-hydroxylation sites is 1. The van der Waals surface area contributed by atoms with E-state index in [0.29, 0.717) is 17.5 Å². The fourth-order valence-corrected chi connectivity index (χ4v) is 3.52. The Morgan fingerprint density at radius 1 is 1.17 bits per heavy atom. The van der Waals surface area contributed by atoms with Crippen LogP contribution in [0.3, 0.4) is 0 Å². The zero-order valence-corrected chi connectivity index (χ0v) is 17.7. The summed E-state index contributed by atoms with van der Waals surface area (Å²) in [4.78, 5) is 14.6. The standard InChI is InChI=1S/C21H24FN5O2S/c1-15(2)26(12-16-8-4-3-5-9-16)20(28)14-30-21-25-24-19(27(21)23)13-29-18-11-7-6-10-17(18)22/h3-11,15H,12-14,23H2,1-2H3. The highest BCUT2D eigenvalue weighted by atomic mass is 32.2. The lowest BCUT2D eigenvalue weighted by molar-refractivity contribution is -0.130. The van der Waals surface area contributed by atoms with Crippen LogP contribution in [-0.4, -0.2) is 37.5 Å². The fourth-order valence-electron chi connectivity index (χ4n) is 2.76. The maximum Gasteiger partial charge on any atom is 0.233 e. The summed E-state index contributed by atoms with van der Waals surface area (Å²) >= 11 is 1.20. The van der Waals surface area contributed by atoms with Crippen LogP contribution in [0.2, 0.25) is 0 Å². The van der Waals surface area contributed by atoms with Crippen molar-refractivity contribution in [3.8, 4) is 5.75 Å². The molecule has 0 atom stereocenters. The number of thioether (sulfide) groups is 1. The van der Waals surface area contributed by atoms with Gasteiger partial charge >= 0.3 is 0 Å². The molecule has 0 radical (unpaired) electrons. The second-order valence-electron chi connectivity index (χ2n) is 6.88. The van der Waals surface area contributed by atoms with E-state index in [9.17, 15) is 9.18 Å². The molecule has 2 N–H and O–H groups in total. The molecule has 7 nitrogen and oxygen atoms in total. The van der Waals surface area contributed by atoms with Crippen LogP contribution >= 0.6 is 11.8 Å². The summed E-state index contributed by atoms with van der Waals surface area (Å²) in [5.41, 5.74) is 1.07. The van der Waals surface area contributed by atoms with Crippen molar-refractivity contribution >= 4 is 17.7 Å². The molecule has 9 heteroatoms. The molecule has 1 heterocycles. The van der Waals surface area contributed by atoms with Crippen LogP contribution in [0.5, 0.6) is 5.75 Å². The minimum atomic E-state index is -0.465. The van der Waals surface area contributed by atoms with Crippen LogP contribution in [0.15, 0.2) is 59.8 Å². The average molecular weight is 430 g/mol. The van der Waals surface area contributed by atoms with Gasteiger partial charge in [-0.25, -0.2) is 9.07 Å². The van der Waals surface area contributed by atoms with E-state index in [1.165, 1.54) is 28.6 Å². The second kappa shape index (κ2) is 10.1. The summed E-state index contributed by atoms with van der Waals surface area (Å²) in [5, 5.41) is 8.39. The fraction of sp³-hybridized carbons (Fsp3) is 0.286. The molecule has 2 aromatic carbocycles. The summed E-state index contributed by atoms with van der Waals surface area (Å²) in [6.07, 6.45) is 0. The monoisotopic (exact) mass is 429 g/mol. The first-order valence-electron chi connectivity index (χ1n) is 9.48. The molecule has 0 bridgehead atoms. The lowest BCUT2D eigenvalue weighted by Crippen LogP contribution is -2.37. The molecule has 0 unspecified atom stereocenters.